The number of likely N-dealkylation sites (N-methyl/N-ethyl adjacent to an activating group) is 1. The number of hydrogen-bond donors (Lipinski definition) is 3. The predicted molar refractivity (Wildman–Crippen MR) is 272 cm³/mol. The van der Waals surface area contributed by atoms with Gasteiger partial charge < -0.3 is 19.8 Å². The molecule has 0 bridgehead atoms. The molecule has 0 aliphatic heterocycles. The zero-order valence-electron chi connectivity index (χ0n) is 42.1. The van der Waals surface area contributed by atoms with Crippen molar-refractivity contribution in [1.82, 2.24) is 5.32 Å². The molecular formula is C54H104N2O6P+. The normalized spacial score (nSPS) is 14.5. The smallest absolute Gasteiger partial charge is 0.387 e. The average molecular weight is 908 g/mol. The van der Waals surface area contributed by atoms with Crippen LogP contribution in [0.15, 0.2) is 48.6 Å². The quantitative estimate of drug-likeness (QED) is 0.0243. The van der Waals surface area contributed by atoms with E-state index in [1.54, 1.807) is 6.08 Å². The van der Waals surface area contributed by atoms with Crippen molar-refractivity contribution < 1.29 is 32.9 Å². The average Bonchev–Trinajstić information content (AvgIpc) is 3.24. The number of phosphoric acid groups is 1. The molecule has 0 aromatic carbocycles. The van der Waals surface area contributed by atoms with Crippen LogP contribution in [0.3, 0.4) is 0 Å². The number of phosphoric ester groups is 1. The van der Waals surface area contributed by atoms with Crippen LogP contribution in [0.5, 0.6) is 0 Å². The number of carbonyl (C=O) groups excluding carboxylic acids is 1. The Hall–Kier alpha value is -1.54. The van der Waals surface area contributed by atoms with Crippen LogP contribution in [-0.4, -0.2) is 73.4 Å². The monoisotopic (exact) mass is 908 g/mol. The van der Waals surface area contributed by atoms with Gasteiger partial charge in [-0.05, 0) is 57.8 Å². The molecule has 8 nitrogen and oxygen atoms in total. The number of unbranched alkanes of at least 4 members (excludes halogenated alkanes) is 29. The lowest BCUT2D eigenvalue weighted by Crippen LogP contribution is -2.45. The molecule has 0 saturated heterocycles. The molecule has 1 amide bonds. The number of allylic oxidation sites excluding steroid dienone is 7. The van der Waals surface area contributed by atoms with Crippen LogP contribution < -0.4 is 5.32 Å². The zero-order valence-corrected chi connectivity index (χ0v) is 43.0. The van der Waals surface area contributed by atoms with E-state index in [4.69, 9.17) is 9.05 Å². The molecule has 3 N–H and O–H groups in total. The summed E-state index contributed by atoms with van der Waals surface area (Å²) in [7, 11) is 1.56. The second kappa shape index (κ2) is 45.6. The first-order valence-corrected chi connectivity index (χ1v) is 28.0. The maximum Gasteiger partial charge on any atom is 0.472 e. The van der Waals surface area contributed by atoms with E-state index >= 15 is 0 Å². The third kappa shape index (κ3) is 48.2. The second-order valence-electron chi connectivity index (χ2n) is 19.3. The van der Waals surface area contributed by atoms with Gasteiger partial charge in [0.2, 0.25) is 5.91 Å². The molecule has 370 valence electrons. The number of aliphatic hydroxyl groups is 1. The summed E-state index contributed by atoms with van der Waals surface area (Å²) in [4.78, 5) is 23.2. The number of rotatable bonds is 48. The van der Waals surface area contributed by atoms with Crippen molar-refractivity contribution in [2.45, 2.75) is 251 Å². The third-order valence-corrected chi connectivity index (χ3v) is 12.8. The number of amides is 1. The van der Waals surface area contributed by atoms with E-state index in [-0.39, 0.29) is 19.1 Å². The molecule has 0 saturated carbocycles. The Bertz CT molecular complexity index is 1170. The summed E-state index contributed by atoms with van der Waals surface area (Å²) in [6.07, 6.45) is 59.0. The molecule has 3 unspecified atom stereocenters. The highest BCUT2D eigenvalue weighted by molar-refractivity contribution is 7.47. The predicted octanol–water partition coefficient (Wildman–Crippen LogP) is 15.6. The summed E-state index contributed by atoms with van der Waals surface area (Å²) in [5.41, 5.74) is 0. The molecule has 0 heterocycles. The van der Waals surface area contributed by atoms with Crippen LogP contribution in [0, 0.1) is 0 Å². The standard InChI is InChI=1S/C54H103N2O6P/c1-6-8-10-12-14-16-18-20-22-24-26-28-30-32-34-36-38-40-42-44-46-48-54(58)55-52(51-62-63(59,60)61-50-49-56(3,4)5)53(57)47-45-43-41-39-37-35-33-31-29-27-25-23-21-19-17-15-13-11-9-7-2/h18,20,24,26,30,32,45,47,52-53,57H,6-17,19,21-23,25,27-29,31,33-44,46,48-51H2,1-5H3,(H-,55,58,59,60)/p+1/b20-18-,26-24-,32-30-,47-45+. The van der Waals surface area contributed by atoms with Crippen LogP contribution in [0.25, 0.3) is 0 Å². The minimum Gasteiger partial charge on any atom is -0.387 e. The van der Waals surface area contributed by atoms with Crippen LogP contribution in [-0.2, 0) is 18.4 Å². The minimum atomic E-state index is -4.35. The van der Waals surface area contributed by atoms with Gasteiger partial charge in [-0.2, -0.15) is 0 Å². The van der Waals surface area contributed by atoms with Crippen molar-refractivity contribution >= 4 is 13.7 Å². The Kier molecular flexibility index (Phi) is 44.5. The number of nitrogens with zero attached hydrogens (tertiary/aromatic N) is 1. The largest absolute Gasteiger partial charge is 0.472 e. The van der Waals surface area contributed by atoms with E-state index in [0.717, 1.165) is 64.2 Å². The molecule has 3 atom stereocenters. The van der Waals surface area contributed by atoms with Gasteiger partial charge in [0, 0.05) is 6.42 Å². The SMILES string of the molecule is CCCCCCC/C=C\C/C=C\C/C=C\CCCCCCCCC(=O)NC(COP(=O)(O)OCC[N+](C)(C)C)C(O)/C=C/CCCCCCCCCCCCCCCCCCCC. The molecule has 0 radical (unpaired) electrons. The van der Waals surface area contributed by atoms with Gasteiger partial charge in [-0.3, -0.25) is 13.8 Å². The Balaban J connectivity index is 4.33. The maximum atomic E-state index is 12.9. The van der Waals surface area contributed by atoms with Crippen LogP contribution >= 0.6 is 7.82 Å². The van der Waals surface area contributed by atoms with Gasteiger partial charge in [-0.25, -0.2) is 4.57 Å². The van der Waals surface area contributed by atoms with Gasteiger partial charge in [0.05, 0.1) is 39.9 Å². The Morgan fingerprint density at radius 2 is 0.905 bits per heavy atom. The van der Waals surface area contributed by atoms with Gasteiger partial charge in [0.1, 0.15) is 13.2 Å². The number of carbonyl (C=O) groups is 1. The van der Waals surface area contributed by atoms with Gasteiger partial charge in [0.25, 0.3) is 0 Å². The van der Waals surface area contributed by atoms with Crippen molar-refractivity contribution in [2.75, 3.05) is 40.9 Å². The fraction of sp³-hybridized carbons (Fsp3) is 0.833. The van der Waals surface area contributed by atoms with E-state index in [0.29, 0.717) is 17.4 Å². The Labute approximate surface area is 390 Å². The lowest BCUT2D eigenvalue weighted by Gasteiger charge is -2.25. The fourth-order valence-corrected chi connectivity index (χ4v) is 8.31. The number of quaternary nitrogens is 1. The van der Waals surface area contributed by atoms with Gasteiger partial charge in [-0.15, -0.1) is 0 Å². The summed E-state index contributed by atoms with van der Waals surface area (Å²) in [6.45, 7) is 4.81. The Morgan fingerprint density at radius 1 is 0.540 bits per heavy atom. The van der Waals surface area contributed by atoms with Crippen molar-refractivity contribution in [1.29, 1.82) is 0 Å². The molecule has 0 aromatic heterocycles. The number of aliphatic hydroxyl groups excluding tert-OH is 1. The van der Waals surface area contributed by atoms with E-state index < -0.39 is 20.0 Å². The third-order valence-electron chi connectivity index (χ3n) is 11.8. The summed E-state index contributed by atoms with van der Waals surface area (Å²) >= 11 is 0. The first-order valence-electron chi connectivity index (χ1n) is 26.5. The molecule has 0 spiro atoms. The van der Waals surface area contributed by atoms with Gasteiger partial charge in [0.15, 0.2) is 0 Å². The van der Waals surface area contributed by atoms with Crippen LogP contribution in [0.2, 0.25) is 0 Å². The highest BCUT2D eigenvalue weighted by Gasteiger charge is 2.27. The van der Waals surface area contributed by atoms with Crippen molar-refractivity contribution in [3.63, 3.8) is 0 Å². The van der Waals surface area contributed by atoms with Crippen LogP contribution in [0.4, 0.5) is 0 Å². The van der Waals surface area contributed by atoms with Crippen molar-refractivity contribution in [3.05, 3.63) is 48.6 Å². The lowest BCUT2D eigenvalue weighted by molar-refractivity contribution is -0.870. The van der Waals surface area contributed by atoms with Gasteiger partial charge >= 0.3 is 7.82 Å². The molecule has 0 aromatic rings. The first kappa shape index (κ1) is 61.5. The minimum absolute atomic E-state index is 0.0576. The summed E-state index contributed by atoms with van der Waals surface area (Å²) < 4.78 is 23.7. The summed E-state index contributed by atoms with van der Waals surface area (Å²) in [5.74, 6) is -0.189. The first-order chi connectivity index (χ1) is 30.5. The molecular weight excluding hydrogens is 804 g/mol. The van der Waals surface area contributed by atoms with E-state index in [1.165, 1.54) is 154 Å². The summed E-state index contributed by atoms with van der Waals surface area (Å²) in [6, 6.07) is -0.855. The Morgan fingerprint density at radius 3 is 1.32 bits per heavy atom. The van der Waals surface area contributed by atoms with E-state index in [2.05, 4.69) is 55.6 Å². The van der Waals surface area contributed by atoms with E-state index in [9.17, 15) is 19.4 Å². The molecule has 9 heteroatoms. The molecule has 0 fully saturated rings. The maximum absolute atomic E-state index is 12.9. The number of nitrogens with one attached hydrogen (secondary N) is 1. The fourth-order valence-electron chi connectivity index (χ4n) is 7.58. The topological polar surface area (TPSA) is 105 Å². The highest BCUT2D eigenvalue weighted by atomic mass is 31.2. The lowest BCUT2D eigenvalue weighted by atomic mass is 10.0. The molecule has 0 aliphatic carbocycles. The van der Waals surface area contributed by atoms with Crippen molar-refractivity contribution in [2.24, 2.45) is 0 Å². The molecule has 0 aliphatic rings. The van der Waals surface area contributed by atoms with Crippen LogP contribution in [0.1, 0.15) is 239 Å². The second-order valence-corrected chi connectivity index (χ2v) is 20.7. The summed E-state index contributed by atoms with van der Waals surface area (Å²) in [5, 5.41) is 13.9. The van der Waals surface area contributed by atoms with Gasteiger partial charge in [-0.1, -0.05) is 223 Å². The van der Waals surface area contributed by atoms with Crippen molar-refractivity contribution in [3.8, 4) is 0 Å². The number of hydrogen-bond acceptors (Lipinski definition) is 5. The zero-order chi connectivity index (χ0) is 46.4. The highest BCUT2D eigenvalue weighted by Crippen LogP contribution is 2.43. The van der Waals surface area contributed by atoms with E-state index in [1.807, 2.05) is 27.2 Å². The molecule has 0 rings (SSSR count). The molecule has 63 heavy (non-hydrogen) atoms.